The summed E-state index contributed by atoms with van der Waals surface area (Å²) in [5.41, 5.74) is 7.77. The van der Waals surface area contributed by atoms with Crippen LogP contribution in [0.3, 0.4) is 0 Å². The zero-order valence-electron chi connectivity index (χ0n) is 10.4. The molecule has 1 aromatic heterocycles. The Balaban J connectivity index is 2.09. The molecule has 0 unspecified atom stereocenters. The maximum Gasteiger partial charge on any atom is 0.162 e. The Bertz CT molecular complexity index is 605. The van der Waals surface area contributed by atoms with Crippen LogP contribution in [0.15, 0.2) is 18.2 Å². The maximum atomic E-state index is 6.04. The quantitative estimate of drug-likeness (QED) is 0.831. The molecular formula is C13H15N3O2. The van der Waals surface area contributed by atoms with E-state index in [0.717, 1.165) is 28.6 Å². The first-order chi connectivity index (χ1) is 8.66. The highest BCUT2D eigenvalue weighted by Crippen LogP contribution is 2.35. The minimum Gasteiger partial charge on any atom is -0.486 e. The van der Waals surface area contributed by atoms with Crippen molar-refractivity contribution in [2.75, 3.05) is 18.9 Å². The molecule has 5 nitrogen and oxygen atoms in total. The molecule has 0 atom stereocenters. The first-order valence-electron chi connectivity index (χ1n) is 5.85. The normalized spacial score (nSPS) is 13.7. The molecule has 0 fully saturated rings. The summed E-state index contributed by atoms with van der Waals surface area (Å²) in [6, 6.07) is 5.77. The molecule has 0 saturated carbocycles. The molecule has 1 aromatic carbocycles. The van der Waals surface area contributed by atoms with Crippen molar-refractivity contribution < 1.29 is 9.47 Å². The van der Waals surface area contributed by atoms with Crippen LogP contribution in [0.4, 0.5) is 5.82 Å². The fraction of sp³-hybridized carbons (Fsp3) is 0.308. The average Bonchev–Trinajstić information content (AvgIpc) is 2.66. The van der Waals surface area contributed by atoms with Gasteiger partial charge in [0.15, 0.2) is 11.5 Å². The third-order valence-corrected chi connectivity index (χ3v) is 3.18. The number of fused-ring (bicyclic) bond motifs is 1. The summed E-state index contributed by atoms with van der Waals surface area (Å²) < 4.78 is 12.9. The molecule has 0 bridgehead atoms. The molecule has 18 heavy (non-hydrogen) atoms. The van der Waals surface area contributed by atoms with Crippen molar-refractivity contribution in [3.63, 3.8) is 0 Å². The van der Waals surface area contributed by atoms with Gasteiger partial charge in [0.25, 0.3) is 0 Å². The van der Waals surface area contributed by atoms with Crippen molar-refractivity contribution in [2.24, 2.45) is 7.05 Å². The lowest BCUT2D eigenvalue weighted by molar-refractivity contribution is 0.171. The van der Waals surface area contributed by atoms with Crippen LogP contribution < -0.4 is 15.2 Å². The van der Waals surface area contributed by atoms with Crippen molar-refractivity contribution in [1.29, 1.82) is 0 Å². The first-order valence-corrected chi connectivity index (χ1v) is 5.85. The lowest BCUT2D eigenvalue weighted by atomic mass is 10.1. The predicted molar refractivity (Wildman–Crippen MR) is 68.8 cm³/mol. The van der Waals surface area contributed by atoms with Gasteiger partial charge in [0.1, 0.15) is 30.5 Å². The maximum absolute atomic E-state index is 6.04. The number of hydrogen-bond acceptors (Lipinski definition) is 4. The van der Waals surface area contributed by atoms with E-state index in [4.69, 9.17) is 15.2 Å². The Hall–Kier alpha value is -2.17. The van der Waals surface area contributed by atoms with E-state index in [9.17, 15) is 0 Å². The smallest absolute Gasteiger partial charge is 0.162 e. The summed E-state index contributed by atoms with van der Waals surface area (Å²) in [5, 5.41) is 0. The van der Waals surface area contributed by atoms with E-state index in [-0.39, 0.29) is 0 Å². The summed E-state index contributed by atoms with van der Waals surface area (Å²) in [6.45, 7) is 3.10. The Labute approximate surface area is 105 Å². The lowest BCUT2D eigenvalue weighted by Gasteiger charge is -2.18. The number of nitrogens with zero attached hydrogens (tertiary/aromatic N) is 2. The zero-order valence-corrected chi connectivity index (χ0v) is 10.4. The van der Waals surface area contributed by atoms with E-state index >= 15 is 0 Å². The highest BCUT2D eigenvalue weighted by molar-refractivity contribution is 5.73. The molecule has 5 heteroatoms. The van der Waals surface area contributed by atoms with E-state index in [0.29, 0.717) is 19.0 Å². The summed E-state index contributed by atoms with van der Waals surface area (Å²) >= 11 is 0. The predicted octanol–water partition coefficient (Wildman–Crippen LogP) is 1.75. The first kappa shape index (κ1) is 11.0. The van der Waals surface area contributed by atoms with Crippen molar-refractivity contribution in [2.45, 2.75) is 6.92 Å². The van der Waals surface area contributed by atoms with E-state index in [1.54, 1.807) is 0 Å². The van der Waals surface area contributed by atoms with E-state index in [2.05, 4.69) is 4.98 Å². The van der Waals surface area contributed by atoms with Crippen LogP contribution in [0, 0.1) is 6.92 Å². The van der Waals surface area contributed by atoms with Crippen molar-refractivity contribution >= 4 is 5.82 Å². The van der Waals surface area contributed by atoms with Gasteiger partial charge >= 0.3 is 0 Å². The number of hydrogen-bond donors (Lipinski definition) is 1. The average molecular weight is 245 g/mol. The molecule has 2 N–H and O–H groups in total. The lowest BCUT2D eigenvalue weighted by Crippen LogP contribution is -2.15. The molecule has 0 aliphatic carbocycles. The van der Waals surface area contributed by atoms with Gasteiger partial charge in [0.05, 0.1) is 0 Å². The topological polar surface area (TPSA) is 62.3 Å². The summed E-state index contributed by atoms with van der Waals surface area (Å²) in [5.74, 6) is 3.07. The Morgan fingerprint density at radius 1 is 1.22 bits per heavy atom. The zero-order chi connectivity index (χ0) is 12.7. The van der Waals surface area contributed by atoms with Crippen LogP contribution in [-0.4, -0.2) is 22.8 Å². The molecular weight excluding hydrogens is 230 g/mol. The molecule has 3 rings (SSSR count). The number of aromatic nitrogens is 2. The highest BCUT2D eigenvalue weighted by Gasteiger charge is 2.16. The minimum absolute atomic E-state index is 0.577. The molecule has 94 valence electrons. The molecule has 0 amide bonds. The SMILES string of the molecule is Cc1nc(-c2ccc3c(c2)OCCO3)c(N)n1C. The van der Waals surface area contributed by atoms with Crippen LogP contribution in [0.5, 0.6) is 11.5 Å². The molecule has 1 aliphatic rings. The van der Waals surface area contributed by atoms with Crippen LogP contribution in [0.1, 0.15) is 5.82 Å². The van der Waals surface area contributed by atoms with Gasteiger partial charge in [0, 0.05) is 12.6 Å². The van der Waals surface area contributed by atoms with E-state index < -0.39 is 0 Å². The number of imidazole rings is 1. The van der Waals surface area contributed by atoms with Gasteiger partial charge in [-0.2, -0.15) is 0 Å². The van der Waals surface area contributed by atoms with Crippen molar-refractivity contribution in [3.8, 4) is 22.8 Å². The van der Waals surface area contributed by atoms with Gasteiger partial charge in [0.2, 0.25) is 0 Å². The monoisotopic (exact) mass is 245 g/mol. The van der Waals surface area contributed by atoms with Gasteiger partial charge in [-0.3, -0.25) is 0 Å². The van der Waals surface area contributed by atoms with Gasteiger partial charge in [-0.05, 0) is 25.1 Å². The van der Waals surface area contributed by atoms with Crippen LogP contribution in [0.2, 0.25) is 0 Å². The minimum atomic E-state index is 0.577. The fourth-order valence-corrected chi connectivity index (χ4v) is 2.03. The number of nitrogen functional groups attached to an aromatic ring is 1. The van der Waals surface area contributed by atoms with Crippen LogP contribution in [-0.2, 0) is 7.05 Å². The summed E-state index contributed by atoms with van der Waals surface area (Å²) in [4.78, 5) is 4.47. The second kappa shape index (κ2) is 3.94. The van der Waals surface area contributed by atoms with Crippen molar-refractivity contribution in [3.05, 3.63) is 24.0 Å². The van der Waals surface area contributed by atoms with Gasteiger partial charge in [-0.15, -0.1) is 0 Å². The van der Waals surface area contributed by atoms with Gasteiger partial charge < -0.3 is 19.8 Å². The van der Waals surface area contributed by atoms with Crippen LogP contribution >= 0.6 is 0 Å². The molecule has 0 saturated heterocycles. The van der Waals surface area contributed by atoms with Crippen molar-refractivity contribution in [1.82, 2.24) is 9.55 Å². The Kier molecular flexibility index (Phi) is 2.40. The van der Waals surface area contributed by atoms with E-state index in [1.807, 2.05) is 36.7 Å². The second-order valence-corrected chi connectivity index (χ2v) is 4.31. The standard InChI is InChI=1S/C13H15N3O2/c1-8-15-12(13(14)16(8)2)9-3-4-10-11(7-9)18-6-5-17-10/h3-4,7H,5-6,14H2,1-2H3. The summed E-state index contributed by atoms with van der Waals surface area (Å²) in [6.07, 6.45) is 0. The van der Waals surface area contributed by atoms with Crippen LogP contribution in [0.25, 0.3) is 11.3 Å². The number of anilines is 1. The number of rotatable bonds is 1. The molecule has 2 aromatic rings. The number of benzene rings is 1. The second-order valence-electron chi connectivity index (χ2n) is 4.31. The number of nitrogens with two attached hydrogens (primary N) is 1. The molecule has 0 spiro atoms. The largest absolute Gasteiger partial charge is 0.486 e. The molecule has 0 radical (unpaired) electrons. The molecule has 2 heterocycles. The third kappa shape index (κ3) is 1.59. The fourth-order valence-electron chi connectivity index (χ4n) is 2.03. The number of aryl methyl sites for hydroxylation is 1. The Morgan fingerprint density at radius 2 is 1.94 bits per heavy atom. The van der Waals surface area contributed by atoms with Gasteiger partial charge in [-0.25, -0.2) is 4.98 Å². The molecule has 1 aliphatic heterocycles. The number of ether oxygens (including phenoxy) is 2. The summed E-state index contributed by atoms with van der Waals surface area (Å²) in [7, 11) is 1.90. The highest BCUT2D eigenvalue weighted by atomic mass is 16.6. The van der Waals surface area contributed by atoms with Gasteiger partial charge in [-0.1, -0.05) is 0 Å². The Morgan fingerprint density at radius 3 is 2.61 bits per heavy atom. The third-order valence-electron chi connectivity index (χ3n) is 3.18. The van der Waals surface area contributed by atoms with E-state index in [1.165, 1.54) is 0 Å².